The molecule has 0 aliphatic heterocycles. The number of thioether (sulfide) groups is 1. The minimum atomic E-state index is -3.76. The third-order valence-electron chi connectivity index (χ3n) is 2.79. The summed E-state index contributed by atoms with van der Waals surface area (Å²) < 4.78 is 40.2. The number of benzene rings is 1. The number of rotatable bonds is 5. The summed E-state index contributed by atoms with van der Waals surface area (Å²) >= 11 is 1.53. The molecular weight excluding hydrogens is 313 g/mol. The van der Waals surface area contributed by atoms with Crippen LogP contribution in [0, 0.1) is 17.7 Å². The van der Waals surface area contributed by atoms with Crippen LogP contribution in [0.5, 0.6) is 0 Å². The molecule has 0 bridgehead atoms. The van der Waals surface area contributed by atoms with Crippen LogP contribution in [0.15, 0.2) is 23.1 Å². The van der Waals surface area contributed by atoms with Gasteiger partial charge in [-0.3, -0.25) is 0 Å². The minimum absolute atomic E-state index is 0.0486. The number of hydrogen-bond acceptors (Lipinski definition) is 4. The minimum Gasteiger partial charge on any atom is -0.384 e. The summed E-state index contributed by atoms with van der Waals surface area (Å²) in [6.07, 6.45) is 1.89. The van der Waals surface area contributed by atoms with Crippen molar-refractivity contribution in [3.63, 3.8) is 0 Å². The average molecular weight is 331 g/mol. The molecule has 0 amide bonds. The van der Waals surface area contributed by atoms with Gasteiger partial charge in [-0.15, -0.1) is 0 Å². The first-order chi connectivity index (χ1) is 9.72. The molecule has 1 aromatic carbocycles. The lowest BCUT2D eigenvalue weighted by Gasteiger charge is -2.22. The fourth-order valence-corrected chi connectivity index (χ4v) is 2.85. The molecule has 21 heavy (non-hydrogen) atoms. The van der Waals surface area contributed by atoms with Gasteiger partial charge >= 0.3 is 0 Å². The summed E-state index contributed by atoms with van der Waals surface area (Å²) in [6.45, 7) is 3.68. The van der Waals surface area contributed by atoms with Crippen LogP contribution in [0.25, 0.3) is 0 Å². The van der Waals surface area contributed by atoms with Crippen LogP contribution in [0.2, 0.25) is 0 Å². The van der Waals surface area contributed by atoms with E-state index in [2.05, 4.69) is 16.6 Å². The monoisotopic (exact) mass is 331 g/mol. The van der Waals surface area contributed by atoms with E-state index in [0.717, 1.165) is 6.07 Å². The van der Waals surface area contributed by atoms with Crippen LogP contribution in [0.3, 0.4) is 0 Å². The van der Waals surface area contributed by atoms with Crippen LogP contribution >= 0.6 is 11.8 Å². The molecule has 7 heteroatoms. The number of halogens is 1. The molecule has 2 N–H and O–H groups in total. The van der Waals surface area contributed by atoms with Crippen molar-refractivity contribution in [2.24, 2.45) is 0 Å². The first-order valence-electron chi connectivity index (χ1n) is 6.16. The van der Waals surface area contributed by atoms with Crippen molar-refractivity contribution in [3.8, 4) is 11.8 Å². The molecule has 4 nitrogen and oxygen atoms in total. The molecule has 0 aromatic heterocycles. The second kappa shape index (κ2) is 7.27. The van der Waals surface area contributed by atoms with E-state index in [1.807, 2.05) is 20.1 Å². The quantitative estimate of drug-likeness (QED) is 0.804. The van der Waals surface area contributed by atoms with Crippen LogP contribution in [0.1, 0.15) is 19.4 Å². The third-order valence-corrected chi connectivity index (χ3v) is 5.44. The second-order valence-electron chi connectivity index (χ2n) is 4.89. The van der Waals surface area contributed by atoms with E-state index < -0.39 is 15.8 Å². The zero-order chi connectivity index (χ0) is 16.1. The first kappa shape index (κ1) is 18.0. The molecule has 1 aromatic rings. The zero-order valence-electron chi connectivity index (χ0n) is 12.1. The smallest absolute Gasteiger partial charge is 0.240 e. The van der Waals surface area contributed by atoms with Crippen molar-refractivity contribution in [2.75, 3.05) is 19.4 Å². The molecule has 0 saturated carbocycles. The van der Waals surface area contributed by atoms with Crippen molar-refractivity contribution in [1.82, 2.24) is 4.72 Å². The molecule has 0 saturated heterocycles. The van der Waals surface area contributed by atoms with Crippen molar-refractivity contribution in [3.05, 3.63) is 29.6 Å². The number of aliphatic hydroxyl groups is 1. The molecule has 0 atom stereocenters. The highest BCUT2D eigenvalue weighted by Crippen LogP contribution is 2.21. The molecule has 0 unspecified atom stereocenters. The standard InChI is InChI=1S/C14H18FNO3S2/c1-14(2,20-3)10-16-21(18,19)12-7-6-11(5-4-8-17)13(15)9-12/h6-7,9,16-17H,8,10H2,1-3H3. The van der Waals surface area contributed by atoms with Gasteiger partial charge in [0.15, 0.2) is 0 Å². The molecule has 0 aliphatic carbocycles. The van der Waals surface area contributed by atoms with E-state index in [-0.39, 0.29) is 28.4 Å². The van der Waals surface area contributed by atoms with Crippen molar-refractivity contribution < 1.29 is 17.9 Å². The summed E-state index contributed by atoms with van der Waals surface area (Å²) in [5, 5.41) is 8.57. The molecule has 0 aliphatic rings. The van der Waals surface area contributed by atoms with Gasteiger partial charge in [0.25, 0.3) is 0 Å². The van der Waals surface area contributed by atoms with E-state index in [1.54, 1.807) is 0 Å². The van der Waals surface area contributed by atoms with Crippen LogP contribution in [-0.2, 0) is 10.0 Å². The van der Waals surface area contributed by atoms with E-state index in [9.17, 15) is 12.8 Å². The first-order valence-corrected chi connectivity index (χ1v) is 8.87. The molecule has 1 rings (SSSR count). The SMILES string of the molecule is CSC(C)(C)CNS(=O)(=O)c1ccc(C#CCO)c(F)c1. The van der Waals surface area contributed by atoms with Gasteiger partial charge < -0.3 is 5.11 Å². The number of sulfonamides is 1. The molecule has 0 heterocycles. The van der Waals surface area contributed by atoms with E-state index in [4.69, 9.17) is 5.11 Å². The normalized spacial score (nSPS) is 11.9. The maximum atomic E-state index is 13.8. The van der Waals surface area contributed by atoms with Gasteiger partial charge in [-0.1, -0.05) is 11.8 Å². The Hall–Kier alpha value is -1.07. The van der Waals surface area contributed by atoms with E-state index in [1.165, 1.54) is 23.9 Å². The Bertz CT molecular complexity index is 661. The van der Waals surface area contributed by atoms with E-state index >= 15 is 0 Å². The maximum absolute atomic E-state index is 13.8. The molecule has 0 spiro atoms. The number of nitrogens with one attached hydrogen (secondary N) is 1. The summed E-state index contributed by atoms with van der Waals surface area (Å²) in [4.78, 5) is -0.147. The lowest BCUT2D eigenvalue weighted by Crippen LogP contribution is -2.36. The van der Waals surface area contributed by atoms with Crippen molar-refractivity contribution >= 4 is 21.8 Å². The Kier molecular flexibility index (Phi) is 6.23. The van der Waals surface area contributed by atoms with Gasteiger partial charge in [0, 0.05) is 11.3 Å². The topological polar surface area (TPSA) is 66.4 Å². The Balaban J connectivity index is 2.97. The third kappa shape index (κ3) is 5.32. The Labute approximate surface area is 129 Å². The average Bonchev–Trinajstić information content (AvgIpc) is 2.44. The zero-order valence-corrected chi connectivity index (χ0v) is 13.7. The lowest BCUT2D eigenvalue weighted by molar-refractivity contribution is 0.350. The summed E-state index contributed by atoms with van der Waals surface area (Å²) in [5.74, 6) is 3.99. The van der Waals surface area contributed by atoms with Crippen molar-refractivity contribution in [2.45, 2.75) is 23.5 Å². The summed E-state index contributed by atoms with van der Waals surface area (Å²) in [5.41, 5.74) is 0.0486. The summed E-state index contributed by atoms with van der Waals surface area (Å²) in [7, 11) is -3.76. The van der Waals surface area contributed by atoms with Crippen molar-refractivity contribution in [1.29, 1.82) is 0 Å². The predicted molar refractivity (Wildman–Crippen MR) is 83.1 cm³/mol. The Morgan fingerprint density at radius 2 is 2.10 bits per heavy atom. The predicted octanol–water partition coefficient (Wildman–Crippen LogP) is 1.59. The maximum Gasteiger partial charge on any atom is 0.240 e. The molecule has 0 fully saturated rings. The summed E-state index contributed by atoms with van der Waals surface area (Å²) in [6, 6.07) is 3.50. The highest BCUT2D eigenvalue weighted by atomic mass is 32.2. The molecule has 0 radical (unpaired) electrons. The highest BCUT2D eigenvalue weighted by molar-refractivity contribution is 8.00. The van der Waals surface area contributed by atoms with Crippen LogP contribution in [-0.4, -0.2) is 37.7 Å². The number of hydrogen-bond donors (Lipinski definition) is 2. The lowest BCUT2D eigenvalue weighted by atomic mass is 10.2. The van der Waals surface area contributed by atoms with Gasteiger partial charge in [0.1, 0.15) is 12.4 Å². The van der Waals surface area contributed by atoms with Gasteiger partial charge in [0.2, 0.25) is 10.0 Å². The Morgan fingerprint density at radius 3 is 2.62 bits per heavy atom. The number of aliphatic hydroxyl groups excluding tert-OH is 1. The second-order valence-corrected chi connectivity index (χ2v) is 8.17. The fourth-order valence-electron chi connectivity index (χ4n) is 1.32. The fraction of sp³-hybridized carbons (Fsp3) is 0.429. The Morgan fingerprint density at radius 1 is 1.43 bits per heavy atom. The largest absolute Gasteiger partial charge is 0.384 e. The van der Waals surface area contributed by atoms with E-state index in [0.29, 0.717) is 0 Å². The van der Waals surface area contributed by atoms with Crippen LogP contribution in [0.4, 0.5) is 4.39 Å². The molecular formula is C14H18FNO3S2. The molecule has 116 valence electrons. The van der Waals surface area contributed by atoms with Crippen LogP contribution < -0.4 is 4.72 Å². The highest BCUT2D eigenvalue weighted by Gasteiger charge is 2.22. The van der Waals surface area contributed by atoms with Gasteiger partial charge in [-0.05, 0) is 38.3 Å². The van der Waals surface area contributed by atoms with Gasteiger partial charge in [0.05, 0.1) is 10.5 Å². The van der Waals surface area contributed by atoms with Gasteiger partial charge in [-0.25, -0.2) is 17.5 Å². The van der Waals surface area contributed by atoms with Gasteiger partial charge in [-0.2, -0.15) is 11.8 Å².